The summed E-state index contributed by atoms with van der Waals surface area (Å²) in [6.07, 6.45) is 6.29. The molecule has 2 aliphatic rings. The molecule has 1 N–H and O–H groups in total. The molecule has 3 aromatic rings. The highest BCUT2D eigenvalue weighted by Gasteiger charge is 2.40. The van der Waals surface area contributed by atoms with Crippen LogP contribution < -0.4 is 19.1 Å². The smallest absolute Gasteiger partial charge is 0.165 e. The molecule has 1 saturated heterocycles. The van der Waals surface area contributed by atoms with Crippen LogP contribution in [0, 0.1) is 5.82 Å². The summed E-state index contributed by atoms with van der Waals surface area (Å²) in [7, 11) is 3.32. The summed E-state index contributed by atoms with van der Waals surface area (Å²) in [6, 6.07) is 15.2. The molecule has 1 atom stereocenters. The molecular formula is C38H51FN2O4. The zero-order valence-electron chi connectivity index (χ0n) is 28.2. The van der Waals surface area contributed by atoms with Gasteiger partial charge >= 0.3 is 0 Å². The van der Waals surface area contributed by atoms with E-state index in [0.29, 0.717) is 36.1 Å². The average Bonchev–Trinajstić information content (AvgIpc) is 3.00. The molecule has 0 amide bonds. The number of fused-ring (bicyclic) bond motifs is 1. The second kappa shape index (κ2) is 13.5. The van der Waals surface area contributed by atoms with Gasteiger partial charge in [0.2, 0.25) is 0 Å². The summed E-state index contributed by atoms with van der Waals surface area (Å²) in [5, 5.41) is 9.98. The lowest BCUT2D eigenvalue weighted by Crippen LogP contribution is -2.59. The zero-order valence-corrected chi connectivity index (χ0v) is 28.2. The topological polar surface area (TPSA) is 54.4 Å². The first-order valence-electron chi connectivity index (χ1n) is 16.5. The quantitative estimate of drug-likeness (QED) is 0.234. The SMILES string of the molecule is CCN(Cc1ccc(OCCN2C(C)(C)CCCC2(C)C)c(F)c1)c1cc(OC)c(OC)cc1[C@@H]1CCc2cc(O)ccc2C1. The molecule has 45 heavy (non-hydrogen) atoms. The van der Waals surface area contributed by atoms with E-state index in [0.717, 1.165) is 56.4 Å². The van der Waals surface area contributed by atoms with E-state index in [-0.39, 0.29) is 22.8 Å². The van der Waals surface area contributed by atoms with Crippen LogP contribution >= 0.6 is 0 Å². The molecule has 244 valence electrons. The second-order valence-electron chi connectivity index (χ2n) is 13.9. The van der Waals surface area contributed by atoms with Crippen LogP contribution in [0.25, 0.3) is 0 Å². The minimum Gasteiger partial charge on any atom is -0.508 e. The predicted molar refractivity (Wildman–Crippen MR) is 180 cm³/mol. The van der Waals surface area contributed by atoms with Gasteiger partial charge in [0.1, 0.15) is 12.4 Å². The van der Waals surface area contributed by atoms with Gasteiger partial charge in [-0.1, -0.05) is 12.1 Å². The molecule has 0 unspecified atom stereocenters. The fourth-order valence-electron chi connectivity index (χ4n) is 7.73. The number of rotatable bonds is 11. The van der Waals surface area contributed by atoms with Crippen molar-refractivity contribution in [2.45, 2.75) is 96.7 Å². The highest BCUT2D eigenvalue weighted by Crippen LogP contribution is 2.44. The van der Waals surface area contributed by atoms with E-state index in [1.807, 2.05) is 18.2 Å². The summed E-state index contributed by atoms with van der Waals surface area (Å²) >= 11 is 0. The van der Waals surface area contributed by atoms with Gasteiger partial charge in [-0.2, -0.15) is 0 Å². The van der Waals surface area contributed by atoms with Gasteiger partial charge in [-0.3, -0.25) is 4.90 Å². The Morgan fingerprint density at radius 3 is 2.29 bits per heavy atom. The van der Waals surface area contributed by atoms with Crippen molar-refractivity contribution in [2.24, 2.45) is 0 Å². The van der Waals surface area contributed by atoms with Crippen LogP contribution in [0.4, 0.5) is 10.1 Å². The number of hydrogen-bond acceptors (Lipinski definition) is 6. The molecule has 0 aromatic heterocycles. The van der Waals surface area contributed by atoms with Gasteiger partial charge in [-0.15, -0.1) is 0 Å². The molecule has 0 radical (unpaired) electrons. The molecular weight excluding hydrogens is 567 g/mol. The van der Waals surface area contributed by atoms with Gasteiger partial charge in [0.05, 0.1) is 14.2 Å². The number of phenolic OH excluding ortho intramolecular Hbond substituents is 1. The maximum Gasteiger partial charge on any atom is 0.165 e. The van der Waals surface area contributed by atoms with Crippen LogP contribution in [0.1, 0.15) is 88.5 Å². The van der Waals surface area contributed by atoms with E-state index in [2.05, 4.69) is 56.6 Å². The van der Waals surface area contributed by atoms with E-state index >= 15 is 4.39 Å². The summed E-state index contributed by atoms with van der Waals surface area (Å²) in [4.78, 5) is 4.80. The molecule has 5 rings (SSSR count). The number of nitrogens with zero attached hydrogens (tertiary/aromatic N) is 2. The van der Waals surface area contributed by atoms with Gasteiger partial charge in [-0.25, -0.2) is 4.39 Å². The number of methoxy groups -OCH3 is 2. The number of aryl methyl sites for hydroxylation is 1. The molecule has 1 aliphatic carbocycles. The number of phenols is 1. The Balaban J connectivity index is 1.34. The van der Waals surface area contributed by atoms with Crippen LogP contribution in [0.15, 0.2) is 48.5 Å². The van der Waals surface area contributed by atoms with Crippen molar-refractivity contribution in [1.29, 1.82) is 0 Å². The highest BCUT2D eigenvalue weighted by atomic mass is 19.1. The summed E-state index contributed by atoms with van der Waals surface area (Å²) in [6.45, 7) is 13.8. The zero-order chi connectivity index (χ0) is 32.4. The van der Waals surface area contributed by atoms with Gasteiger partial charge in [-0.05, 0) is 132 Å². The third-order valence-electron chi connectivity index (χ3n) is 10.1. The van der Waals surface area contributed by atoms with Crippen molar-refractivity contribution in [2.75, 3.05) is 38.8 Å². The first-order chi connectivity index (χ1) is 21.5. The molecule has 3 aromatic carbocycles. The number of hydrogen-bond donors (Lipinski definition) is 1. The second-order valence-corrected chi connectivity index (χ2v) is 13.9. The first-order valence-corrected chi connectivity index (χ1v) is 16.5. The fourth-order valence-corrected chi connectivity index (χ4v) is 7.73. The lowest BCUT2D eigenvalue weighted by atomic mass is 9.79. The molecule has 1 aliphatic heterocycles. The van der Waals surface area contributed by atoms with E-state index < -0.39 is 0 Å². The Morgan fingerprint density at radius 2 is 1.62 bits per heavy atom. The number of piperidine rings is 1. The maximum atomic E-state index is 15.4. The Hall–Kier alpha value is -3.45. The van der Waals surface area contributed by atoms with E-state index in [1.54, 1.807) is 32.4 Å². The molecule has 1 fully saturated rings. The molecule has 7 heteroatoms. The Bertz CT molecular complexity index is 1470. The fraction of sp³-hybridized carbons (Fsp3) is 0.526. The van der Waals surface area contributed by atoms with Crippen LogP contribution in [0.5, 0.6) is 23.0 Å². The number of likely N-dealkylation sites (tertiary alicyclic amines) is 1. The van der Waals surface area contributed by atoms with Gasteiger partial charge in [0, 0.05) is 42.5 Å². The van der Waals surface area contributed by atoms with Crippen LogP contribution in [-0.2, 0) is 19.4 Å². The van der Waals surface area contributed by atoms with Crippen molar-refractivity contribution in [3.05, 3.63) is 76.6 Å². The van der Waals surface area contributed by atoms with Crippen LogP contribution in [-0.4, -0.2) is 55.0 Å². The number of benzene rings is 3. The molecule has 6 nitrogen and oxygen atoms in total. The third-order valence-corrected chi connectivity index (χ3v) is 10.1. The lowest BCUT2D eigenvalue weighted by Gasteiger charge is -2.53. The molecule has 1 heterocycles. The first kappa shape index (κ1) is 32.9. The normalized spacial score (nSPS) is 19.1. The Kier molecular flexibility index (Phi) is 9.88. The van der Waals surface area contributed by atoms with Gasteiger partial charge < -0.3 is 24.2 Å². The summed E-state index contributed by atoms with van der Waals surface area (Å²) < 4.78 is 32.9. The summed E-state index contributed by atoms with van der Waals surface area (Å²) in [5.74, 6) is 1.93. The van der Waals surface area contributed by atoms with Crippen LogP contribution in [0.3, 0.4) is 0 Å². The maximum absolute atomic E-state index is 15.4. The highest BCUT2D eigenvalue weighted by molar-refractivity contribution is 5.64. The third kappa shape index (κ3) is 7.19. The van der Waals surface area contributed by atoms with Gasteiger partial charge in [0.25, 0.3) is 0 Å². The lowest BCUT2D eigenvalue weighted by molar-refractivity contribution is -0.0342. The molecule has 0 bridgehead atoms. The van der Waals surface area contributed by atoms with Crippen molar-refractivity contribution in [3.8, 4) is 23.0 Å². The average molecular weight is 619 g/mol. The molecule has 0 saturated carbocycles. The van der Waals surface area contributed by atoms with Crippen molar-refractivity contribution >= 4 is 5.69 Å². The minimum atomic E-state index is -0.333. The standard InChI is InChI=1S/C38H51FN2O4/c1-8-40(25-26-10-15-34(32(39)20-26)45-19-18-41-37(2,3)16-9-17-38(41,4)5)33-24-36(44-7)35(43-6)23-31(33)29-12-11-28-22-30(42)14-13-27(28)21-29/h10,13-15,20,22-24,29,42H,8-9,11-12,16-19,21,25H2,1-7H3/t29-/m1/s1. The largest absolute Gasteiger partial charge is 0.508 e. The Labute approximate surface area is 269 Å². The van der Waals surface area contributed by atoms with E-state index in [1.165, 1.54) is 23.1 Å². The number of ether oxygens (including phenoxy) is 3. The number of halogens is 1. The van der Waals surface area contributed by atoms with Crippen molar-refractivity contribution < 1.29 is 23.7 Å². The number of anilines is 1. The van der Waals surface area contributed by atoms with E-state index in [9.17, 15) is 5.11 Å². The Morgan fingerprint density at radius 1 is 0.911 bits per heavy atom. The minimum absolute atomic E-state index is 0.101. The molecule has 0 spiro atoms. The summed E-state index contributed by atoms with van der Waals surface area (Å²) in [5.41, 5.74) is 5.81. The number of aromatic hydroxyl groups is 1. The monoisotopic (exact) mass is 618 g/mol. The van der Waals surface area contributed by atoms with Crippen molar-refractivity contribution in [3.63, 3.8) is 0 Å². The predicted octanol–water partition coefficient (Wildman–Crippen LogP) is 8.27. The van der Waals surface area contributed by atoms with E-state index in [4.69, 9.17) is 14.2 Å². The van der Waals surface area contributed by atoms with Crippen LogP contribution in [0.2, 0.25) is 0 Å². The van der Waals surface area contributed by atoms with Gasteiger partial charge in [0.15, 0.2) is 23.1 Å². The van der Waals surface area contributed by atoms with Crippen molar-refractivity contribution in [1.82, 2.24) is 4.90 Å².